The van der Waals surface area contributed by atoms with Crippen LogP contribution in [0.2, 0.25) is 0 Å². The van der Waals surface area contributed by atoms with Gasteiger partial charge in [-0.15, -0.1) is 0 Å². The van der Waals surface area contributed by atoms with Crippen LogP contribution in [0.3, 0.4) is 0 Å². The van der Waals surface area contributed by atoms with Gasteiger partial charge in [-0.25, -0.2) is 0 Å². The summed E-state index contributed by atoms with van der Waals surface area (Å²) in [5.74, 6) is 0. The molecule has 0 saturated carbocycles. The quantitative estimate of drug-likeness (QED) is 0.697. The highest BCUT2D eigenvalue weighted by Crippen LogP contribution is 2.25. The molecule has 3 nitrogen and oxygen atoms in total. The van der Waals surface area contributed by atoms with Crippen LogP contribution in [0.15, 0.2) is 18.2 Å². The molecular weight excluding hydrogens is 174 g/mol. The van der Waals surface area contributed by atoms with E-state index in [0.29, 0.717) is 0 Å². The van der Waals surface area contributed by atoms with Crippen molar-refractivity contribution in [3.63, 3.8) is 0 Å². The third kappa shape index (κ3) is 1.68. The summed E-state index contributed by atoms with van der Waals surface area (Å²) >= 11 is 0. The molecule has 0 aliphatic carbocycles. The van der Waals surface area contributed by atoms with Crippen molar-refractivity contribution >= 4 is 11.4 Å². The smallest absolute Gasteiger partial charge is 0.0375 e. The number of nitrogens with two attached hydrogens (primary N) is 1. The Kier molecular flexibility index (Phi) is 2.33. The van der Waals surface area contributed by atoms with Crippen LogP contribution >= 0.6 is 0 Å². The molecule has 1 aliphatic rings. The van der Waals surface area contributed by atoms with E-state index < -0.39 is 0 Å². The molecule has 0 aromatic heterocycles. The van der Waals surface area contributed by atoms with Gasteiger partial charge in [-0.1, -0.05) is 0 Å². The fraction of sp³-hybridized carbons (Fsp3) is 0.455. The average Bonchev–Trinajstić information content (AvgIpc) is 2.16. The Labute approximate surface area is 84.9 Å². The van der Waals surface area contributed by atoms with Gasteiger partial charge in [0.25, 0.3) is 0 Å². The lowest BCUT2D eigenvalue weighted by atomic mass is 9.99. The summed E-state index contributed by atoms with van der Waals surface area (Å²) in [6.45, 7) is 0.883. The molecule has 0 radical (unpaired) electrons. The average molecular weight is 191 g/mol. The molecule has 1 unspecified atom stereocenters. The van der Waals surface area contributed by atoms with Crippen molar-refractivity contribution in [1.29, 1.82) is 0 Å². The topological polar surface area (TPSA) is 41.3 Å². The van der Waals surface area contributed by atoms with Crippen molar-refractivity contribution in [2.45, 2.75) is 12.5 Å². The maximum Gasteiger partial charge on any atom is 0.0375 e. The van der Waals surface area contributed by atoms with Gasteiger partial charge in [0.15, 0.2) is 0 Å². The fourth-order valence-corrected chi connectivity index (χ4v) is 1.80. The van der Waals surface area contributed by atoms with Crippen molar-refractivity contribution in [2.75, 3.05) is 30.9 Å². The Bertz CT molecular complexity index is 333. The molecule has 0 spiro atoms. The molecule has 1 aromatic rings. The van der Waals surface area contributed by atoms with Gasteiger partial charge in [0.1, 0.15) is 0 Å². The molecule has 14 heavy (non-hydrogen) atoms. The van der Waals surface area contributed by atoms with Crippen LogP contribution in [-0.4, -0.2) is 26.7 Å². The maximum atomic E-state index is 5.90. The minimum Gasteiger partial charge on any atom is -0.383 e. The van der Waals surface area contributed by atoms with Crippen molar-refractivity contribution in [1.82, 2.24) is 0 Å². The van der Waals surface area contributed by atoms with Crippen LogP contribution < -0.4 is 16.0 Å². The van der Waals surface area contributed by atoms with Crippen molar-refractivity contribution in [3.8, 4) is 0 Å². The van der Waals surface area contributed by atoms with Gasteiger partial charge in [-0.3, -0.25) is 0 Å². The molecule has 0 amide bonds. The third-order valence-corrected chi connectivity index (χ3v) is 2.64. The minimum atomic E-state index is 0.250. The molecule has 76 valence electrons. The molecule has 3 heteroatoms. The van der Waals surface area contributed by atoms with Crippen molar-refractivity contribution in [2.24, 2.45) is 5.73 Å². The minimum absolute atomic E-state index is 0.250. The van der Waals surface area contributed by atoms with E-state index >= 15 is 0 Å². The largest absolute Gasteiger partial charge is 0.383 e. The number of rotatable bonds is 1. The molecule has 0 saturated heterocycles. The van der Waals surface area contributed by atoms with E-state index in [-0.39, 0.29) is 6.04 Å². The number of benzene rings is 1. The Morgan fingerprint density at radius 3 is 2.93 bits per heavy atom. The highest BCUT2D eigenvalue weighted by Gasteiger charge is 2.14. The third-order valence-electron chi connectivity index (χ3n) is 2.64. The van der Waals surface area contributed by atoms with E-state index in [9.17, 15) is 0 Å². The standard InChI is InChI=1S/C11H17N3/c1-14(2)10-3-4-11-8(6-10)5-9(12)7-13-11/h3-4,6,9,13H,5,7,12H2,1-2H3. The highest BCUT2D eigenvalue weighted by atomic mass is 15.1. The van der Waals surface area contributed by atoms with Gasteiger partial charge in [-0.05, 0) is 30.2 Å². The van der Waals surface area contributed by atoms with Gasteiger partial charge in [0, 0.05) is 38.1 Å². The second-order valence-electron chi connectivity index (χ2n) is 4.08. The van der Waals surface area contributed by atoms with E-state index in [0.717, 1.165) is 13.0 Å². The highest BCUT2D eigenvalue weighted by molar-refractivity contribution is 5.61. The number of hydrogen-bond acceptors (Lipinski definition) is 3. The Morgan fingerprint density at radius 1 is 1.43 bits per heavy atom. The summed E-state index contributed by atoms with van der Waals surface area (Å²) in [4.78, 5) is 2.11. The van der Waals surface area contributed by atoms with E-state index in [1.165, 1.54) is 16.9 Å². The lowest BCUT2D eigenvalue weighted by Gasteiger charge is -2.25. The molecule has 1 aliphatic heterocycles. The maximum absolute atomic E-state index is 5.90. The van der Waals surface area contributed by atoms with Gasteiger partial charge in [0.2, 0.25) is 0 Å². The summed E-state index contributed by atoms with van der Waals surface area (Å²) < 4.78 is 0. The van der Waals surface area contributed by atoms with Crippen LogP contribution in [-0.2, 0) is 6.42 Å². The van der Waals surface area contributed by atoms with Crippen LogP contribution in [0.4, 0.5) is 11.4 Å². The summed E-state index contributed by atoms with van der Waals surface area (Å²) in [5.41, 5.74) is 9.70. The van der Waals surface area contributed by atoms with Crippen LogP contribution in [0.1, 0.15) is 5.56 Å². The van der Waals surface area contributed by atoms with Gasteiger partial charge < -0.3 is 16.0 Å². The number of hydrogen-bond donors (Lipinski definition) is 2. The second-order valence-corrected chi connectivity index (χ2v) is 4.08. The van der Waals surface area contributed by atoms with Crippen LogP contribution in [0.25, 0.3) is 0 Å². The summed E-state index contributed by atoms with van der Waals surface area (Å²) in [5, 5.41) is 3.33. The predicted molar refractivity (Wildman–Crippen MR) is 60.9 cm³/mol. The van der Waals surface area contributed by atoms with E-state index in [1.54, 1.807) is 0 Å². The van der Waals surface area contributed by atoms with E-state index in [1.807, 2.05) is 0 Å². The molecule has 1 atom stereocenters. The van der Waals surface area contributed by atoms with Crippen molar-refractivity contribution < 1.29 is 0 Å². The summed E-state index contributed by atoms with van der Waals surface area (Å²) in [7, 11) is 4.11. The normalized spacial score (nSPS) is 19.8. The molecule has 1 aromatic carbocycles. The molecule has 1 heterocycles. The van der Waals surface area contributed by atoms with Gasteiger partial charge in [0.05, 0.1) is 0 Å². The van der Waals surface area contributed by atoms with E-state index in [2.05, 4.69) is 42.5 Å². The first kappa shape index (κ1) is 9.34. The number of nitrogens with zero attached hydrogens (tertiary/aromatic N) is 1. The molecule has 3 N–H and O–H groups in total. The van der Waals surface area contributed by atoms with Gasteiger partial charge >= 0.3 is 0 Å². The molecule has 0 bridgehead atoms. The Balaban J connectivity index is 2.33. The van der Waals surface area contributed by atoms with E-state index in [4.69, 9.17) is 5.73 Å². The predicted octanol–water partition coefficient (Wildman–Crippen LogP) is 1.05. The lowest BCUT2D eigenvalue weighted by molar-refractivity contribution is 0.679. The monoisotopic (exact) mass is 191 g/mol. The second kappa shape index (κ2) is 3.50. The Morgan fingerprint density at radius 2 is 2.21 bits per heavy atom. The Hall–Kier alpha value is -1.22. The molecule has 0 fully saturated rings. The van der Waals surface area contributed by atoms with Crippen LogP contribution in [0.5, 0.6) is 0 Å². The zero-order valence-corrected chi connectivity index (χ0v) is 8.75. The number of fused-ring (bicyclic) bond motifs is 1. The van der Waals surface area contributed by atoms with Crippen LogP contribution in [0, 0.1) is 0 Å². The fourth-order valence-electron chi connectivity index (χ4n) is 1.80. The molecule has 2 rings (SSSR count). The summed E-state index contributed by atoms with van der Waals surface area (Å²) in [6.07, 6.45) is 0.976. The first-order chi connectivity index (χ1) is 6.66. The van der Waals surface area contributed by atoms with Gasteiger partial charge in [-0.2, -0.15) is 0 Å². The number of nitrogens with one attached hydrogen (secondary N) is 1. The number of anilines is 2. The molecular formula is C11H17N3. The SMILES string of the molecule is CN(C)c1ccc2c(c1)CC(N)CN2. The zero-order chi connectivity index (χ0) is 10.1. The first-order valence-corrected chi connectivity index (χ1v) is 4.96. The first-order valence-electron chi connectivity index (χ1n) is 4.96. The van der Waals surface area contributed by atoms with Crippen molar-refractivity contribution in [3.05, 3.63) is 23.8 Å². The zero-order valence-electron chi connectivity index (χ0n) is 8.75. The summed E-state index contributed by atoms with van der Waals surface area (Å²) in [6, 6.07) is 6.72. The lowest BCUT2D eigenvalue weighted by Crippen LogP contribution is -2.35.